The molecule has 1 amide bonds. The number of nitrogens with two attached hydrogens (primary N) is 1. The number of amides is 1. The van der Waals surface area contributed by atoms with Gasteiger partial charge in [0.25, 0.3) is 0 Å². The van der Waals surface area contributed by atoms with E-state index in [1.807, 2.05) is 0 Å². The highest BCUT2D eigenvalue weighted by Gasteiger charge is 2.11. The van der Waals surface area contributed by atoms with Gasteiger partial charge in [-0.3, -0.25) is 4.79 Å². The number of nitrogens with one attached hydrogen (secondary N) is 1. The van der Waals surface area contributed by atoms with Crippen LogP contribution >= 0.6 is 12.2 Å². The average Bonchev–Trinajstić information content (AvgIpc) is 2.42. The molecule has 3 N–H and O–H groups in total. The summed E-state index contributed by atoms with van der Waals surface area (Å²) in [6.07, 6.45) is -0.211. The Morgan fingerprint density at radius 3 is 2.57 bits per heavy atom. The summed E-state index contributed by atoms with van der Waals surface area (Å²) >= 11 is 4.89. The van der Waals surface area contributed by atoms with Crippen molar-refractivity contribution in [1.29, 1.82) is 0 Å². The molecule has 21 heavy (non-hydrogen) atoms. The Kier molecular flexibility index (Phi) is 4.59. The van der Waals surface area contributed by atoms with Crippen LogP contribution in [0.5, 0.6) is 0 Å². The highest BCUT2D eigenvalue weighted by molar-refractivity contribution is 7.80. The van der Waals surface area contributed by atoms with Gasteiger partial charge in [-0.1, -0.05) is 30.4 Å². The van der Waals surface area contributed by atoms with Crippen LogP contribution in [-0.2, 0) is 11.2 Å². The fraction of sp³-hybridized carbons (Fsp3) is 0.0667. The van der Waals surface area contributed by atoms with Crippen molar-refractivity contribution >= 4 is 28.8 Å². The molecule has 0 aliphatic rings. The third-order valence-electron chi connectivity index (χ3n) is 2.83. The van der Waals surface area contributed by atoms with Crippen molar-refractivity contribution in [2.45, 2.75) is 6.42 Å². The van der Waals surface area contributed by atoms with Crippen LogP contribution in [0.3, 0.4) is 0 Å². The van der Waals surface area contributed by atoms with E-state index in [1.54, 1.807) is 24.3 Å². The molecule has 6 heteroatoms. The van der Waals surface area contributed by atoms with Crippen molar-refractivity contribution in [2.75, 3.05) is 5.32 Å². The van der Waals surface area contributed by atoms with Gasteiger partial charge in [-0.05, 0) is 23.8 Å². The Balaban J connectivity index is 2.14. The molecule has 0 heterocycles. The molecule has 0 bridgehead atoms. The van der Waals surface area contributed by atoms with E-state index in [1.165, 1.54) is 6.07 Å². The summed E-state index contributed by atoms with van der Waals surface area (Å²) in [7, 11) is 0. The highest BCUT2D eigenvalue weighted by atomic mass is 32.1. The Bertz CT molecular complexity index is 704. The summed E-state index contributed by atoms with van der Waals surface area (Å²) in [5, 5.41) is 2.62. The summed E-state index contributed by atoms with van der Waals surface area (Å²) in [6, 6.07) is 9.87. The summed E-state index contributed by atoms with van der Waals surface area (Å²) in [4.78, 5) is 12.1. The van der Waals surface area contributed by atoms with Crippen LogP contribution in [0.2, 0.25) is 0 Å². The first-order valence-electron chi connectivity index (χ1n) is 6.10. The number of rotatable bonds is 4. The van der Waals surface area contributed by atoms with Gasteiger partial charge in [0.05, 0.1) is 12.1 Å². The van der Waals surface area contributed by atoms with E-state index in [4.69, 9.17) is 18.0 Å². The summed E-state index contributed by atoms with van der Waals surface area (Å²) in [6.45, 7) is 0. The topological polar surface area (TPSA) is 55.1 Å². The van der Waals surface area contributed by atoms with Crippen LogP contribution in [-0.4, -0.2) is 10.9 Å². The second-order valence-corrected chi connectivity index (χ2v) is 4.81. The number of benzene rings is 2. The Labute approximate surface area is 125 Å². The van der Waals surface area contributed by atoms with Gasteiger partial charge in [0.15, 0.2) is 0 Å². The quantitative estimate of drug-likeness (QED) is 0.854. The minimum Gasteiger partial charge on any atom is -0.389 e. The maximum atomic E-state index is 13.5. The molecular formula is C15H12F2N2OS. The molecule has 0 aromatic heterocycles. The summed E-state index contributed by atoms with van der Waals surface area (Å²) in [5.41, 5.74) is 6.66. The van der Waals surface area contributed by atoms with Crippen LogP contribution < -0.4 is 11.1 Å². The van der Waals surface area contributed by atoms with E-state index >= 15 is 0 Å². The van der Waals surface area contributed by atoms with E-state index in [0.29, 0.717) is 11.3 Å². The molecule has 2 rings (SSSR count). The SMILES string of the molecule is NC(=S)c1ccccc1NC(=O)Cc1ccc(F)cc1F. The van der Waals surface area contributed by atoms with E-state index in [9.17, 15) is 13.6 Å². The first-order chi connectivity index (χ1) is 9.97. The number of para-hydroxylation sites is 1. The predicted octanol–water partition coefficient (Wildman–Crippen LogP) is 2.78. The van der Waals surface area contributed by atoms with Crippen molar-refractivity contribution in [2.24, 2.45) is 5.73 Å². The molecule has 0 aliphatic heterocycles. The molecule has 3 nitrogen and oxygen atoms in total. The van der Waals surface area contributed by atoms with E-state index in [-0.39, 0.29) is 17.0 Å². The zero-order valence-electron chi connectivity index (χ0n) is 10.9. The molecule has 0 spiro atoms. The standard InChI is InChI=1S/C15H12F2N2OS/c16-10-6-5-9(12(17)8-10)7-14(20)19-13-4-2-1-3-11(13)15(18)21/h1-6,8H,7H2,(H2,18,21)(H,19,20). The van der Waals surface area contributed by atoms with Crippen LogP contribution in [0.4, 0.5) is 14.5 Å². The number of carbonyl (C=O) groups excluding carboxylic acids is 1. The van der Waals surface area contributed by atoms with Crippen molar-refractivity contribution in [1.82, 2.24) is 0 Å². The Morgan fingerprint density at radius 2 is 1.90 bits per heavy atom. The normalized spacial score (nSPS) is 10.2. The molecule has 2 aromatic rings. The number of hydrogen-bond donors (Lipinski definition) is 2. The van der Waals surface area contributed by atoms with Crippen LogP contribution in [0.25, 0.3) is 0 Å². The van der Waals surface area contributed by atoms with Gasteiger partial charge in [-0.15, -0.1) is 0 Å². The molecule has 0 unspecified atom stereocenters. The third kappa shape index (κ3) is 3.82. The van der Waals surface area contributed by atoms with Crippen molar-refractivity contribution < 1.29 is 13.6 Å². The zero-order chi connectivity index (χ0) is 15.4. The Morgan fingerprint density at radius 1 is 1.19 bits per heavy atom. The molecule has 108 valence electrons. The molecule has 0 aliphatic carbocycles. The lowest BCUT2D eigenvalue weighted by atomic mass is 10.1. The summed E-state index contributed by atoms with van der Waals surface area (Å²) in [5.74, 6) is -1.88. The fourth-order valence-electron chi connectivity index (χ4n) is 1.84. The van der Waals surface area contributed by atoms with Crippen LogP contribution in [0, 0.1) is 11.6 Å². The average molecular weight is 306 g/mol. The Hall–Kier alpha value is -2.34. The van der Waals surface area contributed by atoms with Gasteiger partial charge in [-0.25, -0.2) is 8.78 Å². The zero-order valence-corrected chi connectivity index (χ0v) is 11.7. The van der Waals surface area contributed by atoms with Gasteiger partial charge in [-0.2, -0.15) is 0 Å². The molecule has 0 fully saturated rings. The second-order valence-electron chi connectivity index (χ2n) is 4.37. The number of halogens is 2. The minimum absolute atomic E-state index is 0.113. The number of hydrogen-bond acceptors (Lipinski definition) is 2. The first-order valence-corrected chi connectivity index (χ1v) is 6.51. The predicted molar refractivity (Wildman–Crippen MR) is 81.0 cm³/mol. The lowest BCUT2D eigenvalue weighted by Crippen LogP contribution is -2.19. The molecule has 0 atom stereocenters. The van der Waals surface area contributed by atoms with Gasteiger partial charge in [0.2, 0.25) is 5.91 Å². The maximum absolute atomic E-state index is 13.5. The van der Waals surface area contributed by atoms with Crippen molar-refractivity contribution in [3.8, 4) is 0 Å². The molecule has 0 saturated heterocycles. The van der Waals surface area contributed by atoms with Gasteiger partial charge >= 0.3 is 0 Å². The monoisotopic (exact) mass is 306 g/mol. The molecular weight excluding hydrogens is 294 g/mol. The van der Waals surface area contributed by atoms with Gasteiger partial charge < -0.3 is 11.1 Å². The smallest absolute Gasteiger partial charge is 0.228 e. The minimum atomic E-state index is -0.757. The van der Waals surface area contributed by atoms with E-state index < -0.39 is 17.5 Å². The molecule has 0 saturated carbocycles. The third-order valence-corrected chi connectivity index (χ3v) is 3.05. The molecule has 2 aromatic carbocycles. The van der Waals surface area contributed by atoms with Crippen LogP contribution in [0.15, 0.2) is 42.5 Å². The lowest BCUT2D eigenvalue weighted by molar-refractivity contribution is -0.115. The van der Waals surface area contributed by atoms with Crippen molar-refractivity contribution in [3.05, 3.63) is 65.2 Å². The molecule has 0 radical (unpaired) electrons. The highest BCUT2D eigenvalue weighted by Crippen LogP contribution is 2.16. The van der Waals surface area contributed by atoms with E-state index in [0.717, 1.165) is 12.1 Å². The maximum Gasteiger partial charge on any atom is 0.228 e. The number of anilines is 1. The van der Waals surface area contributed by atoms with Gasteiger partial charge in [0, 0.05) is 11.6 Å². The van der Waals surface area contributed by atoms with E-state index in [2.05, 4.69) is 5.32 Å². The largest absolute Gasteiger partial charge is 0.389 e. The van der Waals surface area contributed by atoms with Gasteiger partial charge in [0.1, 0.15) is 16.6 Å². The fourth-order valence-corrected chi connectivity index (χ4v) is 2.02. The first kappa shape index (κ1) is 15.1. The lowest BCUT2D eigenvalue weighted by Gasteiger charge is -2.10. The van der Waals surface area contributed by atoms with Crippen molar-refractivity contribution in [3.63, 3.8) is 0 Å². The summed E-state index contributed by atoms with van der Waals surface area (Å²) < 4.78 is 26.3. The number of thiocarbonyl (C=S) groups is 1. The number of carbonyl (C=O) groups is 1. The van der Waals surface area contributed by atoms with Crippen LogP contribution in [0.1, 0.15) is 11.1 Å². The second kappa shape index (κ2) is 6.41.